The normalized spacial score (nSPS) is 11.6. The van der Waals surface area contributed by atoms with Crippen LogP contribution in [0.1, 0.15) is 35.0 Å². The summed E-state index contributed by atoms with van der Waals surface area (Å²) in [4.78, 5) is 12.0. The van der Waals surface area contributed by atoms with Crippen LogP contribution < -0.4 is 5.43 Å². The highest BCUT2D eigenvalue weighted by Crippen LogP contribution is 2.10. The van der Waals surface area contributed by atoms with Crippen LogP contribution in [0.25, 0.3) is 0 Å². The zero-order valence-electron chi connectivity index (χ0n) is 13.8. The lowest BCUT2D eigenvalue weighted by atomic mass is 10.0. The summed E-state index contributed by atoms with van der Waals surface area (Å²) in [6, 6.07) is 8.08. The standard InChI is InChI=1S/C17H22N4O/c1-11-6-7-16(8-12(11)2)15(5)18-19-17(22)10-21-14(4)9-13(3)20-21/h6-9H,10H2,1-5H3,(H,19,22)/b18-15-. The zero-order valence-corrected chi connectivity index (χ0v) is 13.8. The third-order valence-corrected chi connectivity index (χ3v) is 3.67. The first kappa shape index (κ1) is 15.9. The quantitative estimate of drug-likeness (QED) is 0.697. The Morgan fingerprint density at radius 1 is 1.18 bits per heavy atom. The molecule has 2 rings (SSSR count). The lowest BCUT2D eigenvalue weighted by Gasteiger charge is -2.06. The number of carbonyl (C=O) groups is 1. The predicted molar refractivity (Wildman–Crippen MR) is 88.0 cm³/mol. The predicted octanol–water partition coefficient (Wildman–Crippen LogP) is 2.66. The van der Waals surface area contributed by atoms with Crippen LogP contribution in [0.4, 0.5) is 0 Å². The summed E-state index contributed by atoms with van der Waals surface area (Å²) in [7, 11) is 0. The van der Waals surface area contributed by atoms with Gasteiger partial charge in [0.05, 0.1) is 11.4 Å². The van der Waals surface area contributed by atoms with Crippen LogP contribution in [0.3, 0.4) is 0 Å². The van der Waals surface area contributed by atoms with Gasteiger partial charge in [0, 0.05) is 5.69 Å². The number of nitrogens with one attached hydrogen (secondary N) is 1. The van der Waals surface area contributed by atoms with Crippen molar-refractivity contribution in [2.75, 3.05) is 0 Å². The molecule has 0 bridgehead atoms. The van der Waals surface area contributed by atoms with E-state index >= 15 is 0 Å². The minimum absolute atomic E-state index is 0.170. The molecule has 0 radical (unpaired) electrons. The molecule has 22 heavy (non-hydrogen) atoms. The average molecular weight is 298 g/mol. The lowest BCUT2D eigenvalue weighted by Crippen LogP contribution is -2.25. The van der Waals surface area contributed by atoms with Gasteiger partial charge in [-0.3, -0.25) is 9.48 Å². The molecule has 0 aliphatic rings. The van der Waals surface area contributed by atoms with E-state index in [4.69, 9.17) is 0 Å². The van der Waals surface area contributed by atoms with Crippen molar-refractivity contribution in [3.05, 3.63) is 52.3 Å². The van der Waals surface area contributed by atoms with Crippen molar-refractivity contribution in [2.45, 2.75) is 41.2 Å². The number of amides is 1. The second-order valence-corrected chi connectivity index (χ2v) is 5.62. The van der Waals surface area contributed by atoms with Gasteiger partial charge in [0.1, 0.15) is 6.54 Å². The monoisotopic (exact) mass is 298 g/mol. The molecule has 1 aromatic heterocycles. The van der Waals surface area contributed by atoms with E-state index in [0.717, 1.165) is 22.7 Å². The van der Waals surface area contributed by atoms with Crippen molar-refractivity contribution < 1.29 is 4.79 Å². The van der Waals surface area contributed by atoms with Crippen LogP contribution >= 0.6 is 0 Å². The molecule has 1 aromatic carbocycles. The smallest absolute Gasteiger partial charge is 0.261 e. The Labute approximate surface area is 131 Å². The van der Waals surface area contributed by atoms with Crippen LogP contribution in [0.5, 0.6) is 0 Å². The highest BCUT2D eigenvalue weighted by atomic mass is 16.2. The first-order valence-corrected chi connectivity index (χ1v) is 7.28. The SMILES string of the molecule is C/C(=N/NC(=O)Cn1nc(C)cc1C)c1ccc(C)c(C)c1. The first-order chi connectivity index (χ1) is 10.4. The van der Waals surface area contributed by atoms with Crippen molar-refractivity contribution in [3.8, 4) is 0 Å². The number of rotatable bonds is 4. The summed E-state index contributed by atoms with van der Waals surface area (Å²) in [6.45, 7) is 10.0. The molecular formula is C17H22N4O. The number of aromatic nitrogens is 2. The molecule has 0 unspecified atom stereocenters. The minimum atomic E-state index is -0.186. The molecule has 1 amide bonds. The van der Waals surface area contributed by atoms with Gasteiger partial charge in [0.2, 0.25) is 0 Å². The van der Waals surface area contributed by atoms with Crippen molar-refractivity contribution in [1.29, 1.82) is 0 Å². The average Bonchev–Trinajstić information content (AvgIpc) is 2.77. The fraction of sp³-hybridized carbons (Fsp3) is 0.353. The Balaban J connectivity index is 2.02. The summed E-state index contributed by atoms with van der Waals surface area (Å²) in [5.74, 6) is -0.186. The Kier molecular flexibility index (Phi) is 4.75. The van der Waals surface area contributed by atoms with Gasteiger partial charge in [-0.1, -0.05) is 12.1 Å². The van der Waals surface area contributed by atoms with Gasteiger partial charge in [0.15, 0.2) is 0 Å². The fourth-order valence-electron chi connectivity index (χ4n) is 2.18. The number of nitrogens with zero attached hydrogens (tertiary/aromatic N) is 3. The number of hydrazone groups is 1. The van der Waals surface area contributed by atoms with Gasteiger partial charge >= 0.3 is 0 Å². The summed E-state index contributed by atoms with van der Waals surface area (Å²) >= 11 is 0. The van der Waals surface area contributed by atoms with E-state index in [9.17, 15) is 4.79 Å². The van der Waals surface area contributed by atoms with E-state index in [2.05, 4.69) is 41.6 Å². The maximum Gasteiger partial charge on any atom is 0.261 e. The molecular weight excluding hydrogens is 276 g/mol. The number of carbonyl (C=O) groups excluding carboxylic acids is 1. The summed E-state index contributed by atoms with van der Waals surface area (Å²) in [6.07, 6.45) is 0. The highest BCUT2D eigenvalue weighted by molar-refractivity contribution is 5.99. The molecule has 0 aliphatic heterocycles. The number of aryl methyl sites for hydroxylation is 4. The zero-order chi connectivity index (χ0) is 16.3. The number of benzene rings is 1. The van der Waals surface area contributed by atoms with Crippen LogP contribution in [0.2, 0.25) is 0 Å². The van der Waals surface area contributed by atoms with Crippen LogP contribution in [-0.2, 0) is 11.3 Å². The van der Waals surface area contributed by atoms with Crippen molar-refractivity contribution in [2.24, 2.45) is 5.10 Å². The van der Waals surface area contributed by atoms with Crippen molar-refractivity contribution in [1.82, 2.24) is 15.2 Å². The largest absolute Gasteiger partial charge is 0.271 e. The van der Waals surface area contributed by atoms with E-state index in [1.165, 1.54) is 11.1 Å². The fourth-order valence-corrected chi connectivity index (χ4v) is 2.18. The Hall–Kier alpha value is -2.43. The molecule has 5 nitrogen and oxygen atoms in total. The topological polar surface area (TPSA) is 59.3 Å². The van der Waals surface area contributed by atoms with Gasteiger partial charge < -0.3 is 0 Å². The van der Waals surface area contributed by atoms with Crippen LogP contribution in [-0.4, -0.2) is 21.4 Å². The Morgan fingerprint density at radius 2 is 1.91 bits per heavy atom. The highest BCUT2D eigenvalue weighted by Gasteiger charge is 2.07. The molecule has 1 heterocycles. The molecule has 0 saturated heterocycles. The van der Waals surface area contributed by atoms with E-state index in [0.29, 0.717) is 0 Å². The molecule has 116 valence electrons. The summed E-state index contributed by atoms with van der Waals surface area (Å²) in [5, 5.41) is 8.44. The number of hydrogen-bond donors (Lipinski definition) is 1. The van der Waals surface area contributed by atoms with Crippen LogP contribution in [0.15, 0.2) is 29.4 Å². The van der Waals surface area contributed by atoms with Crippen molar-refractivity contribution >= 4 is 11.6 Å². The molecule has 0 spiro atoms. The lowest BCUT2D eigenvalue weighted by molar-refractivity contribution is -0.121. The number of hydrogen-bond acceptors (Lipinski definition) is 3. The second-order valence-electron chi connectivity index (χ2n) is 5.62. The van der Waals surface area contributed by atoms with E-state index in [-0.39, 0.29) is 12.5 Å². The molecule has 5 heteroatoms. The van der Waals surface area contributed by atoms with Crippen molar-refractivity contribution in [3.63, 3.8) is 0 Å². The Bertz CT molecular complexity index is 728. The molecule has 1 N–H and O–H groups in total. The Morgan fingerprint density at radius 3 is 2.50 bits per heavy atom. The molecule has 0 saturated carbocycles. The first-order valence-electron chi connectivity index (χ1n) is 7.28. The van der Waals surface area contributed by atoms with Gasteiger partial charge in [-0.15, -0.1) is 0 Å². The summed E-state index contributed by atoms with van der Waals surface area (Å²) < 4.78 is 1.67. The third-order valence-electron chi connectivity index (χ3n) is 3.67. The summed E-state index contributed by atoms with van der Waals surface area (Å²) in [5.41, 5.74) is 8.69. The minimum Gasteiger partial charge on any atom is -0.271 e. The van der Waals surface area contributed by atoms with Gasteiger partial charge in [-0.25, -0.2) is 5.43 Å². The molecule has 2 aromatic rings. The van der Waals surface area contributed by atoms with Crippen LogP contribution in [0, 0.1) is 27.7 Å². The third kappa shape index (κ3) is 3.81. The van der Waals surface area contributed by atoms with E-state index in [1.807, 2.05) is 32.9 Å². The van der Waals surface area contributed by atoms with E-state index in [1.54, 1.807) is 4.68 Å². The molecule has 0 fully saturated rings. The van der Waals surface area contributed by atoms with E-state index < -0.39 is 0 Å². The molecule has 0 atom stereocenters. The van der Waals surface area contributed by atoms with Gasteiger partial charge in [-0.2, -0.15) is 10.2 Å². The molecule has 0 aliphatic carbocycles. The maximum atomic E-state index is 12.0. The van der Waals surface area contributed by atoms with Gasteiger partial charge in [-0.05, 0) is 63.4 Å². The maximum absolute atomic E-state index is 12.0. The second kappa shape index (κ2) is 6.56. The van der Waals surface area contributed by atoms with Gasteiger partial charge in [0.25, 0.3) is 5.91 Å².